The first-order chi connectivity index (χ1) is 13.6. The fourth-order valence-electron chi connectivity index (χ4n) is 4.53. The molecule has 1 saturated carbocycles. The van der Waals surface area contributed by atoms with Crippen LogP contribution in [0.5, 0.6) is 5.75 Å². The maximum absolute atomic E-state index is 12.8. The average molecular weight is 385 g/mol. The highest BCUT2D eigenvalue weighted by molar-refractivity contribution is 6.05. The molecule has 2 heterocycles. The van der Waals surface area contributed by atoms with Crippen LogP contribution in [0.3, 0.4) is 0 Å². The molecule has 1 unspecified atom stereocenters. The molecule has 7 nitrogen and oxygen atoms in total. The molecule has 1 aromatic carbocycles. The number of piperidine rings is 1. The van der Waals surface area contributed by atoms with E-state index in [1.165, 1.54) is 12.8 Å². The predicted molar refractivity (Wildman–Crippen MR) is 103 cm³/mol. The minimum absolute atomic E-state index is 0.134. The first-order valence-electron chi connectivity index (χ1n) is 10.2. The third kappa shape index (κ3) is 3.63. The zero-order chi connectivity index (χ0) is 19.7. The highest BCUT2D eigenvalue weighted by Gasteiger charge is 2.39. The summed E-state index contributed by atoms with van der Waals surface area (Å²) in [5.41, 5.74) is 1.49. The van der Waals surface area contributed by atoms with Crippen molar-refractivity contribution in [2.75, 3.05) is 6.54 Å². The van der Waals surface area contributed by atoms with Crippen molar-refractivity contribution in [2.45, 2.75) is 70.2 Å². The summed E-state index contributed by atoms with van der Waals surface area (Å²) < 4.78 is 6.28. The first kappa shape index (κ1) is 18.9. The van der Waals surface area contributed by atoms with Gasteiger partial charge in [0.15, 0.2) is 0 Å². The second-order valence-electron chi connectivity index (χ2n) is 7.82. The SMILES string of the molecule is CCN[C@H]1CCCC[C@@H]1Oc1ccc2c(c1)CN(C1CCC(=O)NC1=O)C2=O. The van der Waals surface area contributed by atoms with Crippen LogP contribution in [-0.2, 0) is 16.1 Å². The largest absolute Gasteiger partial charge is 0.489 e. The smallest absolute Gasteiger partial charge is 0.255 e. The Morgan fingerprint density at radius 3 is 2.79 bits per heavy atom. The van der Waals surface area contributed by atoms with Gasteiger partial charge >= 0.3 is 0 Å². The van der Waals surface area contributed by atoms with E-state index in [4.69, 9.17) is 4.74 Å². The number of likely N-dealkylation sites (N-methyl/N-ethyl adjacent to an activating group) is 1. The Kier molecular flexibility index (Phi) is 5.35. The zero-order valence-electron chi connectivity index (χ0n) is 16.2. The van der Waals surface area contributed by atoms with E-state index in [9.17, 15) is 14.4 Å². The van der Waals surface area contributed by atoms with Crippen molar-refractivity contribution in [1.82, 2.24) is 15.5 Å². The molecule has 2 N–H and O–H groups in total. The van der Waals surface area contributed by atoms with Gasteiger partial charge in [-0.05, 0) is 56.0 Å². The minimum atomic E-state index is -0.585. The summed E-state index contributed by atoms with van der Waals surface area (Å²) >= 11 is 0. The lowest BCUT2D eigenvalue weighted by atomic mass is 9.92. The fourth-order valence-corrected chi connectivity index (χ4v) is 4.53. The van der Waals surface area contributed by atoms with Crippen LogP contribution < -0.4 is 15.4 Å². The molecule has 0 radical (unpaired) electrons. The molecule has 28 heavy (non-hydrogen) atoms. The highest BCUT2D eigenvalue weighted by Crippen LogP contribution is 2.31. The van der Waals surface area contributed by atoms with Crippen LogP contribution >= 0.6 is 0 Å². The Hall–Kier alpha value is -2.41. The van der Waals surface area contributed by atoms with Crippen molar-refractivity contribution in [3.05, 3.63) is 29.3 Å². The number of rotatable bonds is 5. The van der Waals surface area contributed by atoms with Gasteiger partial charge in [0.1, 0.15) is 17.9 Å². The van der Waals surface area contributed by atoms with E-state index in [1.54, 1.807) is 11.0 Å². The number of hydrogen-bond donors (Lipinski definition) is 2. The van der Waals surface area contributed by atoms with Crippen LogP contribution in [0.25, 0.3) is 0 Å². The van der Waals surface area contributed by atoms with Crippen LogP contribution in [-0.4, -0.2) is 47.4 Å². The molecule has 4 rings (SSSR count). The summed E-state index contributed by atoms with van der Waals surface area (Å²) in [4.78, 5) is 37.9. The Morgan fingerprint density at radius 1 is 1.18 bits per heavy atom. The number of carbonyl (C=O) groups excluding carboxylic acids is 3. The van der Waals surface area contributed by atoms with Crippen molar-refractivity contribution in [1.29, 1.82) is 0 Å². The van der Waals surface area contributed by atoms with Crippen LogP contribution in [0.1, 0.15) is 61.4 Å². The van der Waals surface area contributed by atoms with E-state index in [-0.39, 0.29) is 30.2 Å². The van der Waals surface area contributed by atoms with Gasteiger partial charge in [-0.25, -0.2) is 0 Å². The molecule has 2 aliphatic heterocycles. The number of ether oxygens (including phenoxy) is 1. The molecular weight excluding hydrogens is 358 g/mol. The molecule has 0 aromatic heterocycles. The lowest BCUT2D eigenvalue weighted by Crippen LogP contribution is -2.52. The molecule has 0 bridgehead atoms. The summed E-state index contributed by atoms with van der Waals surface area (Å²) in [5.74, 6) is -0.0425. The van der Waals surface area contributed by atoms with E-state index in [0.29, 0.717) is 24.6 Å². The van der Waals surface area contributed by atoms with Crippen molar-refractivity contribution in [3.8, 4) is 5.75 Å². The van der Waals surface area contributed by atoms with Gasteiger partial charge in [-0.2, -0.15) is 0 Å². The number of amides is 3. The standard InChI is InChI=1S/C21H27N3O4/c1-2-22-16-5-3-4-6-18(16)28-14-7-8-15-13(11-14)12-24(21(15)27)17-9-10-19(25)23-20(17)26/h7-8,11,16-18,22H,2-6,9-10,12H2,1H3,(H,23,25,26)/t16-,17?,18-/m0/s1. The van der Waals surface area contributed by atoms with Gasteiger partial charge in [-0.3, -0.25) is 19.7 Å². The van der Waals surface area contributed by atoms with Gasteiger partial charge < -0.3 is 15.0 Å². The number of nitrogens with one attached hydrogen (secondary N) is 2. The highest BCUT2D eigenvalue weighted by atomic mass is 16.5. The summed E-state index contributed by atoms with van der Waals surface area (Å²) in [6, 6.07) is 5.34. The molecule has 7 heteroatoms. The number of benzene rings is 1. The molecule has 2 fully saturated rings. The van der Waals surface area contributed by atoms with Crippen molar-refractivity contribution in [3.63, 3.8) is 0 Å². The second kappa shape index (κ2) is 7.91. The number of fused-ring (bicyclic) bond motifs is 1. The quantitative estimate of drug-likeness (QED) is 0.754. The number of hydrogen-bond acceptors (Lipinski definition) is 5. The van der Waals surface area contributed by atoms with Crippen molar-refractivity contribution < 1.29 is 19.1 Å². The van der Waals surface area contributed by atoms with Gasteiger partial charge in [0.05, 0.1) is 0 Å². The number of imide groups is 1. The summed E-state index contributed by atoms with van der Waals surface area (Å²) in [6.07, 6.45) is 5.30. The second-order valence-corrected chi connectivity index (χ2v) is 7.82. The summed E-state index contributed by atoms with van der Waals surface area (Å²) in [6.45, 7) is 3.40. The number of nitrogens with zero attached hydrogens (tertiary/aromatic N) is 1. The Balaban J connectivity index is 1.48. The molecule has 1 saturated heterocycles. The topological polar surface area (TPSA) is 87.7 Å². The Labute approximate surface area is 164 Å². The van der Waals surface area contributed by atoms with Crippen molar-refractivity contribution >= 4 is 17.7 Å². The maximum Gasteiger partial charge on any atom is 0.255 e. The van der Waals surface area contributed by atoms with Gasteiger partial charge in [-0.1, -0.05) is 13.3 Å². The molecule has 3 atom stereocenters. The molecule has 0 spiro atoms. The van der Waals surface area contributed by atoms with Gasteiger partial charge in [0.2, 0.25) is 11.8 Å². The van der Waals surface area contributed by atoms with Crippen LogP contribution in [0.15, 0.2) is 18.2 Å². The first-order valence-corrected chi connectivity index (χ1v) is 10.2. The molecule has 3 aliphatic rings. The number of carbonyl (C=O) groups is 3. The average Bonchev–Trinajstić information content (AvgIpc) is 2.99. The third-order valence-electron chi connectivity index (χ3n) is 5.95. The molecule has 1 aliphatic carbocycles. The Bertz CT molecular complexity index is 792. The Morgan fingerprint density at radius 2 is 2.00 bits per heavy atom. The lowest BCUT2D eigenvalue weighted by Gasteiger charge is -2.32. The van der Waals surface area contributed by atoms with Crippen molar-refractivity contribution in [2.24, 2.45) is 0 Å². The van der Waals surface area contributed by atoms with E-state index in [1.807, 2.05) is 12.1 Å². The monoisotopic (exact) mass is 385 g/mol. The fraction of sp³-hybridized carbons (Fsp3) is 0.571. The van der Waals surface area contributed by atoms with Crippen LogP contribution in [0.4, 0.5) is 0 Å². The van der Waals surface area contributed by atoms with E-state index in [2.05, 4.69) is 17.6 Å². The molecule has 150 valence electrons. The summed E-state index contributed by atoms with van der Waals surface area (Å²) in [7, 11) is 0. The van der Waals surface area contributed by atoms with Crippen LogP contribution in [0, 0.1) is 0 Å². The molecule has 1 aromatic rings. The van der Waals surface area contributed by atoms with Gasteiger partial charge in [0.25, 0.3) is 5.91 Å². The normalized spacial score (nSPS) is 27.5. The van der Waals surface area contributed by atoms with Gasteiger partial charge in [-0.15, -0.1) is 0 Å². The molecule has 3 amide bonds. The maximum atomic E-state index is 12.8. The third-order valence-corrected chi connectivity index (χ3v) is 5.95. The zero-order valence-corrected chi connectivity index (χ0v) is 16.2. The lowest BCUT2D eigenvalue weighted by molar-refractivity contribution is -0.136. The minimum Gasteiger partial charge on any atom is -0.489 e. The van der Waals surface area contributed by atoms with E-state index in [0.717, 1.165) is 30.7 Å². The van der Waals surface area contributed by atoms with E-state index >= 15 is 0 Å². The van der Waals surface area contributed by atoms with Gasteiger partial charge in [0, 0.05) is 24.6 Å². The van der Waals surface area contributed by atoms with Crippen LogP contribution in [0.2, 0.25) is 0 Å². The molecular formula is C21H27N3O4. The van der Waals surface area contributed by atoms with E-state index < -0.39 is 6.04 Å². The summed E-state index contributed by atoms with van der Waals surface area (Å²) in [5, 5.41) is 5.85. The predicted octanol–water partition coefficient (Wildman–Crippen LogP) is 1.75.